The van der Waals surface area contributed by atoms with E-state index in [1.165, 1.54) is 5.57 Å². The van der Waals surface area contributed by atoms with E-state index < -0.39 is 5.41 Å². The summed E-state index contributed by atoms with van der Waals surface area (Å²) in [6.45, 7) is 15.9. The lowest BCUT2D eigenvalue weighted by Crippen LogP contribution is -2.66. The van der Waals surface area contributed by atoms with Gasteiger partial charge in [-0.15, -0.1) is 12.6 Å². The molecule has 0 saturated heterocycles. The molecule has 5 aliphatic carbocycles. The number of ketones is 2. The van der Waals surface area contributed by atoms with Gasteiger partial charge in [-0.05, 0) is 90.9 Å². The molecule has 188 valence electrons. The van der Waals surface area contributed by atoms with Crippen LogP contribution in [-0.2, 0) is 14.4 Å². The third kappa shape index (κ3) is 2.87. The molecule has 4 heteroatoms. The van der Waals surface area contributed by atoms with Gasteiger partial charge < -0.3 is 0 Å². The minimum atomic E-state index is -0.412. The Bertz CT molecular complexity index is 1010. The van der Waals surface area contributed by atoms with Crippen molar-refractivity contribution in [3.63, 3.8) is 0 Å². The van der Waals surface area contributed by atoms with E-state index in [-0.39, 0.29) is 49.9 Å². The summed E-state index contributed by atoms with van der Waals surface area (Å²) < 4.78 is 0. The SMILES string of the molecule is CC1(C)C(=O)CC[C@]2(C)[C@H]3C(=O)C=C4[C@@H]5C[C@@](C)(C(=O)S)CC[C@]5(C)CC[C@@]4(C)[C@]3(C)CC[C@@H]12. The average molecular weight is 485 g/mol. The van der Waals surface area contributed by atoms with Gasteiger partial charge in [-0.2, -0.15) is 0 Å². The van der Waals surface area contributed by atoms with Gasteiger partial charge in [0.15, 0.2) is 10.9 Å². The fourth-order valence-corrected chi connectivity index (χ4v) is 10.4. The molecule has 34 heavy (non-hydrogen) atoms. The van der Waals surface area contributed by atoms with Gasteiger partial charge in [0.25, 0.3) is 0 Å². The first-order chi connectivity index (χ1) is 15.6. The molecule has 0 spiro atoms. The number of Topliss-reactive ketones (excluding diaryl/α,β-unsaturated/α-hetero) is 1. The lowest BCUT2D eigenvalue weighted by Gasteiger charge is -2.70. The van der Waals surface area contributed by atoms with Crippen LogP contribution in [0, 0.1) is 50.2 Å². The summed E-state index contributed by atoms with van der Waals surface area (Å²) >= 11 is 4.29. The highest BCUT2D eigenvalue weighted by molar-refractivity contribution is 7.96. The molecule has 0 aliphatic heterocycles. The Balaban J connectivity index is 1.63. The highest BCUT2D eigenvalue weighted by atomic mass is 32.1. The van der Waals surface area contributed by atoms with Gasteiger partial charge in [0, 0.05) is 23.2 Å². The van der Waals surface area contributed by atoms with Gasteiger partial charge >= 0.3 is 0 Å². The molecule has 8 atom stereocenters. The fourth-order valence-electron chi connectivity index (χ4n) is 10.2. The minimum Gasteiger partial charge on any atom is -0.299 e. The Kier molecular flexibility index (Phi) is 5.18. The Morgan fingerprint density at radius 3 is 2.21 bits per heavy atom. The number of fused-ring (bicyclic) bond motifs is 7. The first kappa shape index (κ1) is 24.8. The van der Waals surface area contributed by atoms with Crippen molar-refractivity contribution in [3.05, 3.63) is 11.6 Å². The number of rotatable bonds is 1. The molecule has 0 radical (unpaired) electrons. The van der Waals surface area contributed by atoms with Gasteiger partial charge in [0.1, 0.15) is 5.78 Å². The molecule has 0 aromatic rings. The van der Waals surface area contributed by atoms with Gasteiger partial charge in [0.05, 0.1) is 0 Å². The molecule has 0 aromatic carbocycles. The number of hydrogen-bond donors (Lipinski definition) is 1. The van der Waals surface area contributed by atoms with Crippen molar-refractivity contribution in [2.24, 2.45) is 50.2 Å². The topological polar surface area (TPSA) is 51.2 Å². The molecule has 5 aliphatic rings. The molecule has 0 unspecified atom stereocenters. The fraction of sp³-hybridized carbons (Fsp3) is 0.833. The van der Waals surface area contributed by atoms with Crippen LogP contribution in [0.4, 0.5) is 0 Å². The lowest BCUT2D eigenvalue weighted by molar-refractivity contribution is -0.187. The van der Waals surface area contributed by atoms with Crippen molar-refractivity contribution in [3.8, 4) is 0 Å². The molecule has 0 N–H and O–H groups in total. The maximum Gasteiger partial charge on any atom is 0.191 e. The van der Waals surface area contributed by atoms with Crippen LogP contribution in [0.3, 0.4) is 0 Å². The second-order valence-electron chi connectivity index (χ2n) is 14.7. The van der Waals surface area contributed by atoms with Gasteiger partial charge in [-0.3, -0.25) is 14.4 Å². The predicted octanol–water partition coefficient (Wildman–Crippen LogP) is 6.99. The standard InChI is InChI=1S/C30H44O3S/c1-25(2)21-8-11-30(7)23(28(21,5)10-9-22(25)32)20(31)16-18-19-17-27(4,24(33)34)13-12-26(19,3)14-15-29(18,30)6/h16,19,21,23H,8-15,17H2,1-7H3,(H,33,34)/t19-,21-,23+,26+,27-,28-,29+,30+/m0/s1. The number of hydrogen-bond acceptors (Lipinski definition) is 3. The molecule has 4 saturated carbocycles. The Morgan fingerprint density at radius 1 is 0.912 bits per heavy atom. The number of carbonyl (C=O) groups is 3. The maximum absolute atomic E-state index is 14.2. The van der Waals surface area contributed by atoms with Gasteiger partial charge in [0.2, 0.25) is 0 Å². The van der Waals surface area contributed by atoms with Crippen LogP contribution in [-0.4, -0.2) is 16.7 Å². The lowest BCUT2D eigenvalue weighted by atomic mass is 9.33. The molecular formula is C30H44O3S. The van der Waals surface area contributed by atoms with Crippen LogP contribution in [0.5, 0.6) is 0 Å². The second-order valence-corrected chi connectivity index (χ2v) is 15.1. The maximum atomic E-state index is 14.2. The van der Waals surface area contributed by atoms with Crippen molar-refractivity contribution < 1.29 is 14.4 Å². The van der Waals surface area contributed by atoms with E-state index in [0.29, 0.717) is 18.0 Å². The molecule has 0 aromatic heterocycles. The van der Waals surface area contributed by atoms with Crippen LogP contribution < -0.4 is 0 Å². The monoisotopic (exact) mass is 484 g/mol. The molecule has 0 heterocycles. The summed E-state index contributed by atoms with van der Waals surface area (Å²) in [5.41, 5.74) is 0.405. The normalized spacial score (nSPS) is 52.0. The van der Waals surface area contributed by atoms with Crippen molar-refractivity contribution in [1.82, 2.24) is 0 Å². The smallest absolute Gasteiger partial charge is 0.191 e. The highest BCUT2D eigenvalue weighted by Crippen LogP contribution is 2.74. The van der Waals surface area contributed by atoms with Gasteiger partial charge in [-0.1, -0.05) is 54.0 Å². The van der Waals surface area contributed by atoms with E-state index in [9.17, 15) is 14.4 Å². The summed E-state index contributed by atoms with van der Waals surface area (Å²) in [6.07, 6.45) is 10.5. The summed E-state index contributed by atoms with van der Waals surface area (Å²) in [6, 6.07) is 0. The molecule has 0 bridgehead atoms. The van der Waals surface area contributed by atoms with E-state index in [0.717, 1.165) is 51.4 Å². The molecule has 4 fully saturated rings. The third-order valence-electron chi connectivity index (χ3n) is 12.8. The first-order valence-electron chi connectivity index (χ1n) is 13.6. The summed E-state index contributed by atoms with van der Waals surface area (Å²) in [7, 11) is 0. The molecule has 5 rings (SSSR count). The average Bonchev–Trinajstić information content (AvgIpc) is 2.73. The van der Waals surface area contributed by atoms with Crippen molar-refractivity contribution in [2.75, 3.05) is 0 Å². The summed E-state index contributed by atoms with van der Waals surface area (Å²) in [5, 5.41) is -0.00391. The van der Waals surface area contributed by atoms with Crippen LogP contribution in [0.15, 0.2) is 11.6 Å². The molecule has 3 nitrogen and oxygen atoms in total. The van der Waals surface area contributed by atoms with Crippen molar-refractivity contribution >= 4 is 29.3 Å². The Labute approximate surface area is 211 Å². The van der Waals surface area contributed by atoms with Crippen LogP contribution in [0.2, 0.25) is 0 Å². The zero-order valence-electron chi connectivity index (χ0n) is 22.3. The predicted molar refractivity (Wildman–Crippen MR) is 138 cm³/mol. The number of allylic oxidation sites excluding steroid dienone is 2. The van der Waals surface area contributed by atoms with Gasteiger partial charge in [-0.25, -0.2) is 0 Å². The highest BCUT2D eigenvalue weighted by Gasteiger charge is 2.70. The first-order valence-corrected chi connectivity index (χ1v) is 14.0. The zero-order valence-corrected chi connectivity index (χ0v) is 23.2. The quantitative estimate of drug-likeness (QED) is 0.408. The van der Waals surface area contributed by atoms with Crippen molar-refractivity contribution in [1.29, 1.82) is 0 Å². The Hall–Kier alpha value is -0.900. The number of carbonyl (C=O) groups excluding carboxylic acids is 3. The van der Waals surface area contributed by atoms with E-state index >= 15 is 0 Å². The minimum absolute atomic E-state index is 0.00391. The van der Waals surface area contributed by atoms with Crippen LogP contribution >= 0.6 is 12.6 Å². The van der Waals surface area contributed by atoms with E-state index in [1.54, 1.807) is 0 Å². The third-order valence-corrected chi connectivity index (χ3v) is 13.4. The number of thiol groups is 1. The molecule has 0 amide bonds. The van der Waals surface area contributed by atoms with Crippen LogP contribution in [0.1, 0.15) is 106 Å². The van der Waals surface area contributed by atoms with E-state index in [2.05, 4.69) is 67.2 Å². The van der Waals surface area contributed by atoms with Crippen molar-refractivity contribution in [2.45, 2.75) is 106 Å². The zero-order chi connectivity index (χ0) is 25.1. The summed E-state index contributed by atoms with van der Waals surface area (Å²) in [5.74, 6) is 1.15. The molecular weight excluding hydrogens is 440 g/mol. The Morgan fingerprint density at radius 2 is 1.56 bits per heavy atom. The van der Waals surface area contributed by atoms with Crippen LogP contribution in [0.25, 0.3) is 0 Å². The summed E-state index contributed by atoms with van der Waals surface area (Å²) in [4.78, 5) is 39.6. The second kappa shape index (κ2) is 7.11. The van der Waals surface area contributed by atoms with E-state index in [1.807, 2.05) is 0 Å². The van der Waals surface area contributed by atoms with E-state index in [4.69, 9.17) is 0 Å². The largest absolute Gasteiger partial charge is 0.299 e.